The van der Waals surface area contributed by atoms with Gasteiger partial charge in [-0.15, -0.1) is 23.2 Å². The number of hydrogen-bond donors (Lipinski definition) is 1. The van der Waals surface area contributed by atoms with Crippen molar-refractivity contribution in [1.29, 1.82) is 0 Å². The molecular formula is C34H19Cl2F5N4O5. The number of nitrogens with zero attached hydrogens (tertiary/aromatic N) is 4. The number of fused-ring (bicyclic) bond motifs is 5. The van der Waals surface area contributed by atoms with Crippen molar-refractivity contribution in [3.63, 3.8) is 0 Å². The van der Waals surface area contributed by atoms with Crippen molar-refractivity contribution in [3.05, 3.63) is 134 Å². The number of aromatic hydroxyl groups is 1. The van der Waals surface area contributed by atoms with E-state index in [9.17, 15) is 37.5 Å². The number of hydrogen-bond acceptors (Lipinski definition) is 5. The summed E-state index contributed by atoms with van der Waals surface area (Å²) in [6.07, 6.45) is 0.775. The Morgan fingerprint density at radius 3 is 1.98 bits per heavy atom. The van der Waals surface area contributed by atoms with E-state index >= 15 is 8.78 Å². The van der Waals surface area contributed by atoms with E-state index in [-0.39, 0.29) is 39.4 Å². The van der Waals surface area contributed by atoms with Crippen LogP contribution in [-0.4, -0.2) is 40.6 Å². The molecule has 2 fully saturated rings. The van der Waals surface area contributed by atoms with Crippen LogP contribution in [0.3, 0.4) is 0 Å². The molecule has 16 heteroatoms. The van der Waals surface area contributed by atoms with Crippen molar-refractivity contribution < 1.29 is 36.6 Å². The minimum absolute atomic E-state index is 0.168. The number of allylic oxidation sites excluding steroid dienone is 2. The third-order valence-electron chi connectivity index (χ3n) is 9.75. The summed E-state index contributed by atoms with van der Waals surface area (Å²) in [7, 11) is 0. The lowest BCUT2D eigenvalue weighted by Crippen LogP contribution is -2.59. The molecule has 8 rings (SSSR count). The molecule has 4 atom stereocenters. The molecule has 4 aromatic carbocycles. The SMILES string of the molecule is O=C1N(c2c(F)c(F)c(F)c(F)c2F)C(=O)[C@@]2(Cl)[C@@H](c3ccc(O)c4ccccc34)C3=CCn4c(=O)n(-c5ccccc5)c(=O)n4[C@@H]3C[C@@]12Cl. The number of carbonyl (C=O) groups is 2. The van der Waals surface area contributed by atoms with E-state index in [2.05, 4.69) is 0 Å². The molecule has 3 heterocycles. The molecule has 0 unspecified atom stereocenters. The van der Waals surface area contributed by atoms with Crippen LogP contribution in [0.25, 0.3) is 16.5 Å². The summed E-state index contributed by atoms with van der Waals surface area (Å²) in [5.74, 6) is -17.3. The number of benzene rings is 4. The number of aromatic nitrogens is 3. The van der Waals surface area contributed by atoms with E-state index in [1.165, 1.54) is 30.3 Å². The van der Waals surface area contributed by atoms with Crippen LogP contribution in [0.4, 0.5) is 27.6 Å². The van der Waals surface area contributed by atoms with E-state index < -0.39 is 86.1 Å². The lowest BCUT2D eigenvalue weighted by Gasteiger charge is -2.49. The van der Waals surface area contributed by atoms with Crippen LogP contribution < -0.4 is 16.3 Å². The highest BCUT2D eigenvalue weighted by Crippen LogP contribution is 2.64. The van der Waals surface area contributed by atoms with Gasteiger partial charge in [-0.05, 0) is 34.7 Å². The number of halogens is 7. The fourth-order valence-electron chi connectivity index (χ4n) is 7.53. The van der Waals surface area contributed by atoms with Gasteiger partial charge in [0.15, 0.2) is 33.0 Å². The van der Waals surface area contributed by atoms with Crippen LogP contribution in [-0.2, 0) is 16.1 Å². The Bertz CT molecular complexity index is 2490. The zero-order valence-corrected chi connectivity index (χ0v) is 26.5. The number of imide groups is 1. The zero-order chi connectivity index (χ0) is 35.6. The van der Waals surface area contributed by atoms with Crippen molar-refractivity contribution in [2.24, 2.45) is 0 Å². The Hall–Kier alpha value is -5.21. The summed E-state index contributed by atoms with van der Waals surface area (Å²) in [5.41, 5.74) is -2.91. The maximum Gasteiger partial charge on any atom is 0.352 e. The highest BCUT2D eigenvalue weighted by molar-refractivity contribution is 6.58. The Balaban J connectivity index is 1.43. The zero-order valence-electron chi connectivity index (χ0n) is 25.0. The Labute approximate surface area is 286 Å². The van der Waals surface area contributed by atoms with Gasteiger partial charge in [-0.25, -0.2) is 50.4 Å². The first-order valence-corrected chi connectivity index (χ1v) is 15.7. The second-order valence-corrected chi connectivity index (χ2v) is 13.4. The van der Waals surface area contributed by atoms with Crippen molar-refractivity contribution in [3.8, 4) is 11.4 Å². The van der Waals surface area contributed by atoms with Gasteiger partial charge in [0.1, 0.15) is 11.4 Å². The standard InChI is InChI=1S/C34H19Cl2F5N4O5/c35-33-14-20-19(12-13-42-31(49)43(32(50)45(20)42)15-6-2-1-3-7-15)22(18-10-11-21(46)17-9-5-4-8-16(17)18)34(33,36)30(48)44(29(33)47)28-26(40)24(38)23(37)25(39)27(28)41/h1-12,20,22,46H,13-14H2/t20-,22+,33-,34+/m1/s1. The van der Waals surface area contributed by atoms with Gasteiger partial charge >= 0.3 is 11.4 Å². The molecule has 2 aliphatic heterocycles. The molecule has 50 heavy (non-hydrogen) atoms. The molecule has 1 saturated heterocycles. The maximum atomic E-state index is 15.3. The highest BCUT2D eigenvalue weighted by Gasteiger charge is 2.76. The average Bonchev–Trinajstić information content (AvgIpc) is 3.45. The number of carbonyl (C=O) groups excluding carboxylic acids is 2. The first-order valence-electron chi connectivity index (χ1n) is 14.9. The molecular weight excluding hydrogens is 710 g/mol. The number of rotatable bonds is 3. The summed E-state index contributed by atoms with van der Waals surface area (Å²) < 4.78 is 76.6. The van der Waals surface area contributed by atoms with Crippen molar-refractivity contribution in [1.82, 2.24) is 13.9 Å². The highest BCUT2D eigenvalue weighted by atomic mass is 35.5. The smallest absolute Gasteiger partial charge is 0.352 e. The van der Waals surface area contributed by atoms with Crippen LogP contribution >= 0.6 is 23.2 Å². The number of phenolic OH excluding ortho intramolecular Hbond substituents is 1. The minimum Gasteiger partial charge on any atom is -0.507 e. The summed E-state index contributed by atoms with van der Waals surface area (Å²) in [6.45, 7) is -0.238. The number of alkyl halides is 2. The first kappa shape index (κ1) is 32.0. The number of amides is 2. The normalized spacial score (nSPS) is 24.3. The maximum absolute atomic E-state index is 15.3. The number of anilines is 1. The lowest BCUT2D eigenvalue weighted by molar-refractivity contribution is -0.122. The minimum atomic E-state index is -2.72. The van der Waals surface area contributed by atoms with Crippen LogP contribution in [0.5, 0.6) is 5.75 Å². The molecule has 3 aliphatic rings. The fraction of sp³-hybridized carbons (Fsp3) is 0.176. The molecule has 1 saturated carbocycles. The van der Waals surface area contributed by atoms with E-state index in [0.29, 0.717) is 5.39 Å². The van der Waals surface area contributed by atoms with Gasteiger partial charge in [0.05, 0.1) is 18.3 Å². The van der Waals surface area contributed by atoms with Gasteiger partial charge < -0.3 is 5.11 Å². The van der Waals surface area contributed by atoms with Crippen molar-refractivity contribution in [2.45, 2.75) is 34.7 Å². The largest absolute Gasteiger partial charge is 0.507 e. The van der Waals surface area contributed by atoms with Gasteiger partial charge in [-0.2, -0.15) is 0 Å². The molecule has 0 spiro atoms. The lowest BCUT2D eigenvalue weighted by atomic mass is 9.63. The summed E-state index contributed by atoms with van der Waals surface area (Å²) in [6, 6.07) is 15.6. The second-order valence-electron chi connectivity index (χ2n) is 12.1. The molecule has 1 aromatic heterocycles. The molecule has 1 aliphatic carbocycles. The molecule has 0 bridgehead atoms. The summed E-state index contributed by atoms with van der Waals surface area (Å²) in [5, 5.41) is 11.2. The Kier molecular flexibility index (Phi) is 6.82. The second kappa shape index (κ2) is 10.6. The summed E-state index contributed by atoms with van der Waals surface area (Å²) >= 11 is 14.4. The first-order chi connectivity index (χ1) is 23.8. The number of para-hydroxylation sites is 1. The third kappa shape index (κ3) is 3.82. The van der Waals surface area contributed by atoms with Crippen molar-refractivity contribution >= 4 is 51.5 Å². The molecule has 5 aromatic rings. The molecule has 2 amide bonds. The Morgan fingerprint density at radius 2 is 1.32 bits per heavy atom. The monoisotopic (exact) mass is 728 g/mol. The van der Waals surface area contributed by atoms with Gasteiger partial charge in [0, 0.05) is 17.7 Å². The summed E-state index contributed by atoms with van der Waals surface area (Å²) in [4.78, 5) is 50.9. The molecule has 9 nitrogen and oxygen atoms in total. The van der Waals surface area contributed by atoms with E-state index in [1.54, 1.807) is 42.5 Å². The van der Waals surface area contributed by atoms with Crippen molar-refractivity contribution in [2.75, 3.05) is 4.90 Å². The number of phenols is 1. The van der Waals surface area contributed by atoms with Gasteiger partial charge in [0.2, 0.25) is 5.82 Å². The third-order valence-corrected chi connectivity index (χ3v) is 11.2. The van der Waals surface area contributed by atoms with E-state index in [1.807, 2.05) is 0 Å². The van der Waals surface area contributed by atoms with E-state index in [4.69, 9.17) is 23.2 Å². The van der Waals surface area contributed by atoms with Crippen LogP contribution in [0, 0.1) is 29.1 Å². The van der Waals surface area contributed by atoms with Gasteiger partial charge in [-0.1, -0.05) is 54.6 Å². The molecule has 0 radical (unpaired) electrons. The average molecular weight is 729 g/mol. The van der Waals surface area contributed by atoms with Crippen LogP contribution in [0.1, 0.15) is 23.9 Å². The van der Waals surface area contributed by atoms with Crippen LogP contribution in [0.15, 0.2) is 88.0 Å². The van der Waals surface area contributed by atoms with Gasteiger partial charge in [-0.3, -0.25) is 9.59 Å². The Morgan fingerprint density at radius 1 is 0.720 bits per heavy atom. The predicted molar refractivity (Wildman–Crippen MR) is 170 cm³/mol. The van der Waals surface area contributed by atoms with E-state index in [0.717, 1.165) is 13.9 Å². The molecule has 1 N–H and O–H groups in total. The predicted octanol–water partition coefficient (Wildman–Crippen LogP) is 5.55. The van der Waals surface area contributed by atoms with Crippen LogP contribution in [0.2, 0.25) is 0 Å². The molecule has 254 valence electrons. The fourth-order valence-corrected chi connectivity index (χ4v) is 8.44. The topological polar surface area (TPSA) is 107 Å². The quantitative estimate of drug-likeness (QED) is 0.0655. The van der Waals surface area contributed by atoms with Gasteiger partial charge in [0.25, 0.3) is 11.8 Å².